The molecule has 2 aromatic carbocycles. The SMILES string of the molecule is Nc1cc(C2COC2Cc2ccccc2)ccc1Cl. The van der Waals surface area contributed by atoms with Crippen molar-refractivity contribution in [3.63, 3.8) is 0 Å². The van der Waals surface area contributed by atoms with Crippen molar-refractivity contribution < 1.29 is 4.74 Å². The summed E-state index contributed by atoms with van der Waals surface area (Å²) >= 11 is 5.96. The lowest BCUT2D eigenvalue weighted by molar-refractivity contribution is -0.0755. The third-order valence-electron chi connectivity index (χ3n) is 3.67. The van der Waals surface area contributed by atoms with Gasteiger partial charge in [-0.25, -0.2) is 0 Å². The molecule has 1 heterocycles. The highest BCUT2D eigenvalue weighted by atomic mass is 35.5. The van der Waals surface area contributed by atoms with Gasteiger partial charge in [0, 0.05) is 5.92 Å². The van der Waals surface area contributed by atoms with E-state index in [1.165, 1.54) is 11.1 Å². The Bertz CT molecular complexity index is 570. The van der Waals surface area contributed by atoms with Gasteiger partial charge in [-0.2, -0.15) is 0 Å². The Balaban J connectivity index is 1.74. The summed E-state index contributed by atoms with van der Waals surface area (Å²) in [6, 6.07) is 16.3. The van der Waals surface area contributed by atoms with Crippen LogP contribution in [0, 0.1) is 0 Å². The molecule has 98 valence electrons. The molecule has 1 fully saturated rings. The van der Waals surface area contributed by atoms with Gasteiger partial charge in [0.1, 0.15) is 0 Å². The van der Waals surface area contributed by atoms with E-state index in [9.17, 15) is 0 Å². The second kappa shape index (κ2) is 5.24. The zero-order valence-electron chi connectivity index (χ0n) is 10.6. The van der Waals surface area contributed by atoms with Gasteiger partial charge in [0.2, 0.25) is 0 Å². The molecule has 2 N–H and O–H groups in total. The Morgan fingerprint density at radius 3 is 2.58 bits per heavy atom. The first kappa shape index (κ1) is 12.5. The largest absolute Gasteiger partial charge is 0.398 e. The van der Waals surface area contributed by atoms with Crippen molar-refractivity contribution in [3.8, 4) is 0 Å². The van der Waals surface area contributed by atoms with Crippen molar-refractivity contribution in [2.75, 3.05) is 12.3 Å². The molecule has 0 saturated carbocycles. The van der Waals surface area contributed by atoms with Gasteiger partial charge in [-0.05, 0) is 29.7 Å². The van der Waals surface area contributed by atoms with Crippen LogP contribution in [0.2, 0.25) is 5.02 Å². The molecule has 19 heavy (non-hydrogen) atoms. The molecule has 2 unspecified atom stereocenters. The monoisotopic (exact) mass is 273 g/mol. The molecule has 0 aliphatic carbocycles. The van der Waals surface area contributed by atoms with E-state index in [-0.39, 0.29) is 6.10 Å². The fourth-order valence-electron chi connectivity index (χ4n) is 2.48. The molecule has 2 aromatic rings. The molecule has 0 spiro atoms. The van der Waals surface area contributed by atoms with Gasteiger partial charge in [0.05, 0.1) is 23.4 Å². The molecule has 0 amide bonds. The number of nitrogens with two attached hydrogens (primary N) is 1. The molecule has 2 nitrogen and oxygen atoms in total. The third kappa shape index (κ3) is 2.60. The highest BCUT2D eigenvalue weighted by Crippen LogP contribution is 2.35. The molecule has 1 aliphatic heterocycles. The number of nitrogen functional groups attached to an aromatic ring is 1. The summed E-state index contributed by atoms with van der Waals surface area (Å²) in [4.78, 5) is 0. The predicted molar refractivity (Wildman–Crippen MR) is 78.5 cm³/mol. The zero-order chi connectivity index (χ0) is 13.2. The first-order chi connectivity index (χ1) is 9.24. The summed E-state index contributed by atoms with van der Waals surface area (Å²) in [6.07, 6.45) is 1.18. The number of rotatable bonds is 3. The van der Waals surface area contributed by atoms with E-state index in [4.69, 9.17) is 22.1 Å². The highest BCUT2D eigenvalue weighted by molar-refractivity contribution is 6.33. The van der Waals surface area contributed by atoms with Crippen LogP contribution in [0.4, 0.5) is 5.69 Å². The summed E-state index contributed by atoms with van der Waals surface area (Å²) in [5, 5.41) is 0.614. The van der Waals surface area contributed by atoms with Crippen LogP contribution in [0.15, 0.2) is 48.5 Å². The van der Waals surface area contributed by atoms with Crippen LogP contribution in [0.25, 0.3) is 0 Å². The minimum Gasteiger partial charge on any atom is -0.398 e. The standard InChI is InChI=1S/C16H16ClNO/c17-14-7-6-12(9-15(14)18)13-10-19-16(13)8-11-4-2-1-3-5-11/h1-7,9,13,16H,8,10,18H2. The number of anilines is 1. The smallest absolute Gasteiger partial charge is 0.0706 e. The van der Waals surface area contributed by atoms with Gasteiger partial charge in [-0.1, -0.05) is 48.0 Å². The average molecular weight is 274 g/mol. The zero-order valence-corrected chi connectivity index (χ0v) is 11.3. The van der Waals surface area contributed by atoms with Gasteiger partial charge >= 0.3 is 0 Å². The first-order valence-corrected chi connectivity index (χ1v) is 6.82. The number of benzene rings is 2. The quantitative estimate of drug-likeness (QED) is 0.867. The lowest BCUT2D eigenvalue weighted by atomic mass is 9.86. The number of hydrogen-bond donors (Lipinski definition) is 1. The van der Waals surface area contributed by atoms with E-state index in [0.29, 0.717) is 16.6 Å². The Hall–Kier alpha value is -1.51. The fraction of sp³-hybridized carbons (Fsp3) is 0.250. The molecule has 0 bridgehead atoms. The molecule has 0 aromatic heterocycles. The van der Waals surface area contributed by atoms with Crippen molar-refractivity contribution in [3.05, 3.63) is 64.7 Å². The maximum Gasteiger partial charge on any atom is 0.0706 e. The van der Waals surface area contributed by atoms with Gasteiger partial charge in [0.15, 0.2) is 0 Å². The lowest BCUT2D eigenvalue weighted by Gasteiger charge is -2.37. The van der Waals surface area contributed by atoms with E-state index >= 15 is 0 Å². The fourth-order valence-corrected chi connectivity index (χ4v) is 2.60. The Kier molecular flexibility index (Phi) is 3.45. The molecule has 1 saturated heterocycles. The summed E-state index contributed by atoms with van der Waals surface area (Å²) in [5.41, 5.74) is 9.03. The summed E-state index contributed by atoms with van der Waals surface area (Å²) < 4.78 is 5.70. The van der Waals surface area contributed by atoms with E-state index < -0.39 is 0 Å². The van der Waals surface area contributed by atoms with Gasteiger partial charge in [-0.15, -0.1) is 0 Å². The second-order valence-electron chi connectivity index (χ2n) is 4.95. The van der Waals surface area contributed by atoms with Crippen LogP contribution in [0.3, 0.4) is 0 Å². The Morgan fingerprint density at radius 2 is 1.95 bits per heavy atom. The number of halogens is 1. The molecular formula is C16H16ClNO. The van der Waals surface area contributed by atoms with Crippen LogP contribution in [0.5, 0.6) is 0 Å². The van der Waals surface area contributed by atoms with Crippen molar-refractivity contribution in [2.24, 2.45) is 0 Å². The summed E-state index contributed by atoms with van der Waals surface area (Å²) in [7, 11) is 0. The number of ether oxygens (including phenoxy) is 1. The summed E-state index contributed by atoms with van der Waals surface area (Å²) in [5.74, 6) is 0.416. The minimum absolute atomic E-state index is 0.239. The Morgan fingerprint density at radius 1 is 1.16 bits per heavy atom. The molecule has 3 rings (SSSR count). The molecule has 2 atom stereocenters. The molecule has 1 aliphatic rings. The molecule has 0 radical (unpaired) electrons. The average Bonchev–Trinajstić information content (AvgIpc) is 2.40. The third-order valence-corrected chi connectivity index (χ3v) is 4.01. The van der Waals surface area contributed by atoms with Gasteiger partial charge < -0.3 is 10.5 Å². The first-order valence-electron chi connectivity index (χ1n) is 6.44. The van der Waals surface area contributed by atoms with Crippen molar-refractivity contribution in [1.82, 2.24) is 0 Å². The number of hydrogen-bond acceptors (Lipinski definition) is 2. The van der Waals surface area contributed by atoms with Gasteiger partial charge in [-0.3, -0.25) is 0 Å². The van der Waals surface area contributed by atoms with Crippen LogP contribution in [-0.2, 0) is 11.2 Å². The van der Waals surface area contributed by atoms with Crippen LogP contribution in [0.1, 0.15) is 17.0 Å². The topological polar surface area (TPSA) is 35.2 Å². The summed E-state index contributed by atoms with van der Waals surface area (Å²) in [6.45, 7) is 0.762. The molecule has 3 heteroatoms. The van der Waals surface area contributed by atoms with Gasteiger partial charge in [0.25, 0.3) is 0 Å². The lowest BCUT2D eigenvalue weighted by Crippen LogP contribution is -2.39. The van der Waals surface area contributed by atoms with E-state index in [2.05, 4.69) is 24.3 Å². The minimum atomic E-state index is 0.239. The van der Waals surface area contributed by atoms with E-state index in [0.717, 1.165) is 13.0 Å². The Labute approximate surface area is 118 Å². The maximum atomic E-state index is 5.96. The molecular weight excluding hydrogens is 258 g/mol. The normalized spacial score (nSPS) is 21.9. The maximum absolute atomic E-state index is 5.96. The predicted octanol–water partition coefficient (Wildman–Crippen LogP) is 3.65. The van der Waals surface area contributed by atoms with Crippen molar-refractivity contribution in [1.29, 1.82) is 0 Å². The van der Waals surface area contributed by atoms with Crippen LogP contribution >= 0.6 is 11.6 Å². The van der Waals surface area contributed by atoms with Crippen molar-refractivity contribution >= 4 is 17.3 Å². The second-order valence-corrected chi connectivity index (χ2v) is 5.36. The van der Waals surface area contributed by atoms with E-state index in [1.54, 1.807) is 0 Å². The van der Waals surface area contributed by atoms with E-state index in [1.807, 2.05) is 24.3 Å². The highest BCUT2D eigenvalue weighted by Gasteiger charge is 2.33. The van der Waals surface area contributed by atoms with Crippen LogP contribution in [-0.4, -0.2) is 12.7 Å². The van der Waals surface area contributed by atoms with Crippen LogP contribution < -0.4 is 5.73 Å². The van der Waals surface area contributed by atoms with Crippen molar-refractivity contribution in [2.45, 2.75) is 18.4 Å².